The molecule has 1 fully saturated rings. The maximum atomic E-state index is 12.4. The number of hydrogen-bond acceptors (Lipinski definition) is 5. The molecule has 22 heavy (non-hydrogen) atoms. The minimum atomic E-state index is 0.200. The molecule has 0 saturated heterocycles. The van der Waals surface area contributed by atoms with Crippen molar-refractivity contribution >= 4 is 17.2 Å². The third-order valence-electron chi connectivity index (χ3n) is 3.67. The lowest BCUT2D eigenvalue weighted by Gasteiger charge is -2.24. The lowest BCUT2D eigenvalue weighted by atomic mass is 10.2. The average molecular weight is 319 g/mol. The summed E-state index contributed by atoms with van der Waals surface area (Å²) >= 11 is 1.60. The van der Waals surface area contributed by atoms with Crippen LogP contribution >= 0.6 is 11.3 Å². The van der Waals surface area contributed by atoms with E-state index >= 15 is 0 Å². The summed E-state index contributed by atoms with van der Waals surface area (Å²) < 4.78 is 5.25. The van der Waals surface area contributed by atoms with Gasteiger partial charge in [-0.15, -0.1) is 0 Å². The summed E-state index contributed by atoms with van der Waals surface area (Å²) in [5, 5.41) is 7.94. The highest BCUT2D eigenvalue weighted by molar-refractivity contribution is 7.08. The lowest BCUT2D eigenvalue weighted by molar-refractivity contribution is -0.132. The van der Waals surface area contributed by atoms with Gasteiger partial charge in [0.1, 0.15) is 0 Å². The molecule has 0 aliphatic heterocycles. The van der Waals surface area contributed by atoms with Gasteiger partial charge >= 0.3 is 0 Å². The minimum Gasteiger partial charge on any atom is -0.339 e. The zero-order valence-corrected chi connectivity index (χ0v) is 13.8. The molecule has 0 aromatic carbocycles. The molecule has 1 aliphatic carbocycles. The van der Waals surface area contributed by atoms with Gasteiger partial charge in [0, 0.05) is 36.4 Å². The second-order valence-corrected chi connectivity index (χ2v) is 6.97. The molecule has 5 nitrogen and oxygen atoms in total. The molecule has 0 unspecified atom stereocenters. The van der Waals surface area contributed by atoms with Crippen molar-refractivity contribution in [3.8, 4) is 11.4 Å². The molecule has 1 saturated carbocycles. The number of amides is 1. The van der Waals surface area contributed by atoms with Crippen molar-refractivity contribution in [3.05, 3.63) is 22.7 Å². The first kappa shape index (κ1) is 15.2. The van der Waals surface area contributed by atoms with E-state index in [2.05, 4.69) is 24.0 Å². The molecule has 0 spiro atoms. The van der Waals surface area contributed by atoms with Gasteiger partial charge in [-0.1, -0.05) is 19.0 Å². The van der Waals surface area contributed by atoms with Crippen LogP contribution in [-0.4, -0.2) is 33.5 Å². The van der Waals surface area contributed by atoms with Gasteiger partial charge in [0.15, 0.2) is 0 Å². The molecule has 1 amide bonds. The largest absolute Gasteiger partial charge is 0.339 e. The molecular formula is C16H21N3O2S. The number of thiophene rings is 1. The Bertz CT molecular complexity index is 617. The standard InChI is InChI=1S/C16H21N3O2S/c1-11(2)9-19(13-3-4-13)15(20)6-5-14-17-16(18-21-14)12-7-8-22-10-12/h7-8,10-11,13H,3-6,9H2,1-2H3. The molecule has 1 aliphatic rings. The second-order valence-electron chi connectivity index (χ2n) is 6.19. The highest BCUT2D eigenvalue weighted by atomic mass is 32.1. The highest BCUT2D eigenvalue weighted by Gasteiger charge is 2.32. The number of rotatable bonds is 7. The normalized spacial score (nSPS) is 14.5. The number of aryl methyl sites for hydroxylation is 1. The van der Waals surface area contributed by atoms with Crippen LogP contribution in [0.15, 0.2) is 21.3 Å². The quantitative estimate of drug-likeness (QED) is 0.785. The lowest BCUT2D eigenvalue weighted by Crippen LogP contribution is -2.36. The van der Waals surface area contributed by atoms with E-state index < -0.39 is 0 Å². The van der Waals surface area contributed by atoms with Gasteiger partial charge in [0.25, 0.3) is 0 Å². The van der Waals surface area contributed by atoms with Crippen LogP contribution in [0.25, 0.3) is 11.4 Å². The summed E-state index contributed by atoms with van der Waals surface area (Å²) in [6, 6.07) is 2.42. The Morgan fingerprint density at radius 1 is 1.50 bits per heavy atom. The highest BCUT2D eigenvalue weighted by Crippen LogP contribution is 2.28. The fraction of sp³-hybridized carbons (Fsp3) is 0.562. The zero-order valence-electron chi connectivity index (χ0n) is 13.0. The number of aromatic nitrogens is 2. The Morgan fingerprint density at radius 3 is 2.95 bits per heavy atom. The molecule has 3 rings (SSSR count). The number of carbonyl (C=O) groups is 1. The van der Waals surface area contributed by atoms with E-state index in [1.807, 2.05) is 21.7 Å². The van der Waals surface area contributed by atoms with Gasteiger partial charge in [-0.05, 0) is 30.2 Å². The predicted octanol–water partition coefficient (Wildman–Crippen LogP) is 3.38. The molecular weight excluding hydrogens is 298 g/mol. The van der Waals surface area contributed by atoms with E-state index in [-0.39, 0.29) is 5.91 Å². The van der Waals surface area contributed by atoms with Crippen molar-refractivity contribution in [2.45, 2.75) is 45.6 Å². The maximum absolute atomic E-state index is 12.4. The average Bonchev–Trinajstić information content (AvgIpc) is 3.00. The van der Waals surface area contributed by atoms with Gasteiger partial charge in [-0.2, -0.15) is 16.3 Å². The van der Waals surface area contributed by atoms with Gasteiger partial charge in [-0.25, -0.2) is 0 Å². The number of carbonyl (C=O) groups excluding carboxylic acids is 1. The van der Waals surface area contributed by atoms with Crippen LogP contribution < -0.4 is 0 Å². The summed E-state index contributed by atoms with van der Waals surface area (Å²) in [5.41, 5.74) is 0.964. The van der Waals surface area contributed by atoms with E-state index in [9.17, 15) is 4.79 Å². The van der Waals surface area contributed by atoms with Crippen molar-refractivity contribution < 1.29 is 9.32 Å². The summed E-state index contributed by atoms with van der Waals surface area (Å²) in [6.07, 6.45) is 3.23. The molecule has 0 N–H and O–H groups in total. The Hall–Kier alpha value is -1.69. The monoisotopic (exact) mass is 319 g/mol. The zero-order chi connectivity index (χ0) is 15.5. The smallest absolute Gasteiger partial charge is 0.227 e. The van der Waals surface area contributed by atoms with Gasteiger partial charge in [0.2, 0.25) is 17.6 Å². The van der Waals surface area contributed by atoms with Crippen LogP contribution in [0.3, 0.4) is 0 Å². The van der Waals surface area contributed by atoms with E-state index in [4.69, 9.17) is 4.52 Å². The maximum Gasteiger partial charge on any atom is 0.227 e. The van der Waals surface area contributed by atoms with Crippen molar-refractivity contribution in [1.29, 1.82) is 0 Å². The van der Waals surface area contributed by atoms with E-state index in [1.54, 1.807) is 11.3 Å². The first-order valence-corrected chi connectivity index (χ1v) is 8.72. The van der Waals surface area contributed by atoms with Crippen molar-refractivity contribution in [2.24, 2.45) is 5.92 Å². The van der Waals surface area contributed by atoms with Crippen LogP contribution in [0.2, 0.25) is 0 Å². The van der Waals surface area contributed by atoms with Crippen molar-refractivity contribution in [1.82, 2.24) is 15.0 Å². The van der Waals surface area contributed by atoms with Gasteiger partial charge in [-0.3, -0.25) is 4.79 Å². The number of nitrogens with zero attached hydrogens (tertiary/aromatic N) is 3. The van der Waals surface area contributed by atoms with Crippen molar-refractivity contribution in [2.75, 3.05) is 6.54 Å². The molecule has 6 heteroatoms. The SMILES string of the molecule is CC(C)CN(C(=O)CCc1nc(-c2ccsc2)no1)C1CC1. The van der Waals surface area contributed by atoms with Gasteiger partial charge < -0.3 is 9.42 Å². The third kappa shape index (κ3) is 3.74. The fourth-order valence-corrected chi connectivity index (χ4v) is 3.09. The van der Waals surface area contributed by atoms with Crippen LogP contribution in [-0.2, 0) is 11.2 Å². The predicted molar refractivity (Wildman–Crippen MR) is 85.5 cm³/mol. The first-order chi connectivity index (χ1) is 10.6. The molecule has 118 valence electrons. The van der Waals surface area contributed by atoms with Crippen LogP contribution in [0.1, 0.15) is 39.0 Å². The van der Waals surface area contributed by atoms with E-state index in [0.717, 1.165) is 24.9 Å². The van der Waals surface area contributed by atoms with Crippen LogP contribution in [0.5, 0.6) is 0 Å². The molecule has 2 heterocycles. The number of hydrogen-bond donors (Lipinski definition) is 0. The summed E-state index contributed by atoms with van der Waals surface area (Å²) in [6.45, 7) is 5.13. The van der Waals surface area contributed by atoms with Crippen LogP contribution in [0, 0.1) is 5.92 Å². The first-order valence-electron chi connectivity index (χ1n) is 7.78. The Morgan fingerprint density at radius 2 is 2.32 bits per heavy atom. The molecule has 0 radical (unpaired) electrons. The minimum absolute atomic E-state index is 0.200. The third-order valence-corrected chi connectivity index (χ3v) is 4.35. The topological polar surface area (TPSA) is 59.2 Å². The Kier molecular flexibility index (Phi) is 4.57. The molecule has 2 aromatic heterocycles. The fourth-order valence-electron chi connectivity index (χ4n) is 2.46. The van der Waals surface area contributed by atoms with E-state index in [0.29, 0.717) is 36.5 Å². The molecule has 0 atom stereocenters. The molecule has 0 bridgehead atoms. The van der Waals surface area contributed by atoms with Gasteiger partial charge in [0.05, 0.1) is 0 Å². The summed E-state index contributed by atoms with van der Waals surface area (Å²) in [5.74, 6) is 1.84. The molecule has 2 aromatic rings. The van der Waals surface area contributed by atoms with Crippen molar-refractivity contribution in [3.63, 3.8) is 0 Å². The van der Waals surface area contributed by atoms with Crippen LogP contribution in [0.4, 0.5) is 0 Å². The summed E-state index contributed by atoms with van der Waals surface area (Å²) in [7, 11) is 0. The second kappa shape index (κ2) is 6.60. The Labute approximate surface area is 134 Å². The Balaban J connectivity index is 1.56. The summed E-state index contributed by atoms with van der Waals surface area (Å²) in [4.78, 5) is 18.8. The van der Waals surface area contributed by atoms with E-state index in [1.165, 1.54) is 0 Å².